The lowest BCUT2D eigenvalue weighted by atomic mass is 9.80. The average molecular weight is 270 g/mol. The Morgan fingerprint density at radius 3 is 2.83 bits per heavy atom. The summed E-state index contributed by atoms with van der Waals surface area (Å²) in [5.41, 5.74) is 0.850. The second-order valence-corrected chi connectivity index (χ2v) is 5.97. The molecule has 18 heavy (non-hydrogen) atoms. The molecule has 1 aromatic carbocycles. The van der Waals surface area contributed by atoms with E-state index in [0.29, 0.717) is 18.5 Å². The van der Waals surface area contributed by atoms with Crippen LogP contribution in [0.2, 0.25) is 5.02 Å². The van der Waals surface area contributed by atoms with Crippen LogP contribution >= 0.6 is 11.6 Å². The van der Waals surface area contributed by atoms with Crippen molar-refractivity contribution in [2.75, 3.05) is 0 Å². The molecule has 1 nitrogen and oxygen atoms in total. The lowest BCUT2D eigenvalue weighted by Crippen LogP contribution is -2.38. The highest BCUT2D eigenvalue weighted by atomic mass is 35.5. The Kier molecular flexibility index (Phi) is 4.63. The largest absolute Gasteiger partial charge is 0.310 e. The fraction of sp³-hybridized carbons (Fsp3) is 0.600. The first kappa shape index (κ1) is 13.8. The minimum atomic E-state index is -0.332. The highest BCUT2D eigenvalue weighted by molar-refractivity contribution is 6.31. The van der Waals surface area contributed by atoms with E-state index in [2.05, 4.69) is 19.2 Å². The van der Waals surface area contributed by atoms with Gasteiger partial charge < -0.3 is 5.32 Å². The summed E-state index contributed by atoms with van der Waals surface area (Å²) in [4.78, 5) is 0. The van der Waals surface area contributed by atoms with Crippen LogP contribution in [0.15, 0.2) is 18.2 Å². The molecular weight excluding hydrogens is 249 g/mol. The highest BCUT2D eigenvalue weighted by Crippen LogP contribution is 2.29. The second-order valence-electron chi connectivity index (χ2n) is 5.60. The van der Waals surface area contributed by atoms with Crippen molar-refractivity contribution in [3.63, 3.8) is 0 Å². The van der Waals surface area contributed by atoms with Crippen LogP contribution in [-0.2, 0) is 6.54 Å². The molecular formula is C15H21ClFN. The first-order valence-electron chi connectivity index (χ1n) is 6.74. The van der Waals surface area contributed by atoms with E-state index in [0.717, 1.165) is 11.5 Å². The van der Waals surface area contributed by atoms with Gasteiger partial charge >= 0.3 is 0 Å². The van der Waals surface area contributed by atoms with Crippen molar-refractivity contribution in [1.29, 1.82) is 0 Å². The number of hydrogen-bond donors (Lipinski definition) is 1. The number of benzene rings is 1. The summed E-state index contributed by atoms with van der Waals surface area (Å²) in [7, 11) is 0. The number of nitrogens with one attached hydrogen (secondary N) is 1. The normalized spacial score (nSPS) is 28.3. The smallest absolute Gasteiger partial charge is 0.142 e. The first-order valence-corrected chi connectivity index (χ1v) is 7.12. The van der Waals surface area contributed by atoms with Gasteiger partial charge in [0.25, 0.3) is 0 Å². The van der Waals surface area contributed by atoms with E-state index < -0.39 is 0 Å². The van der Waals surface area contributed by atoms with Gasteiger partial charge in [-0.15, -0.1) is 0 Å². The van der Waals surface area contributed by atoms with E-state index in [1.165, 1.54) is 25.3 Å². The van der Waals surface area contributed by atoms with Crippen LogP contribution in [0.4, 0.5) is 4.39 Å². The lowest BCUT2D eigenvalue weighted by Gasteiger charge is -2.33. The van der Waals surface area contributed by atoms with Crippen molar-refractivity contribution < 1.29 is 4.39 Å². The Balaban J connectivity index is 1.93. The molecule has 0 saturated heterocycles. The van der Waals surface area contributed by atoms with Crippen LogP contribution in [0.5, 0.6) is 0 Å². The SMILES string of the molecule is CC1CCC(NCc2cccc(F)c2Cl)C(C)C1. The standard InChI is InChI=1S/C15H21ClFN/c1-10-6-7-14(11(2)8-10)18-9-12-4-3-5-13(17)15(12)16/h3-5,10-11,14,18H,6-9H2,1-2H3. The molecule has 3 heteroatoms. The predicted molar refractivity (Wildman–Crippen MR) is 74.2 cm³/mol. The molecule has 0 spiro atoms. The molecule has 2 rings (SSSR count). The average Bonchev–Trinajstić information content (AvgIpc) is 2.33. The molecule has 0 aliphatic heterocycles. The Hall–Kier alpha value is -0.600. The minimum Gasteiger partial charge on any atom is -0.310 e. The summed E-state index contributed by atoms with van der Waals surface area (Å²) in [6, 6.07) is 5.52. The van der Waals surface area contributed by atoms with Gasteiger partial charge in [0.2, 0.25) is 0 Å². The van der Waals surface area contributed by atoms with Crippen molar-refractivity contribution >= 4 is 11.6 Å². The minimum absolute atomic E-state index is 0.252. The van der Waals surface area contributed by atoms with Crippen molar-refractivity contribution in [2.24, 2.45) is 11.8 Å². The number of halogens is 2. The van der Waals surface area contributed by atoms with Crippen LogP contribution in [0, 0.1) is 17.7 Å². The van der Waals surface area contributed by atoms with Gasteiger partial charge in [-0.1, -0.05) is 37.6 Å². The molecule has 1 aliphatic rings. The highest BCUT2D eigenvalue weighted by Gasteiger charge is 2.24. The second kappa shape index (κ2) is 6.03. The zero-order chi connectivity index (χ0) is 13.1. The fourth-order valence-electron chi connectivity index (χ4n) is 2.89. The Morgan fingerprint density at radius 2 is 2.11 bits per heavy atom. The van der Waals surface area contributed by atoms with E-state index in [4.69, 9.17) is 11.6 Å². The van der Waals surface area contributed by atoms with Crippen molar-refractivity contribution in [2.45, 2.75) is 45.7 Å². The van der Waals surface area contributed by atoms with E-state index in [9.17, 15) is 4.39 Å². The van der Waals surface area contributed by atoms with Crippen molar-refractivity contribution in [3.8, 4) is 0 Å². The van der Waals surface area contributed by atoms with E-state index in [1.807, 2.05) is 6.07 Å². The van der Waals surface area contributed by atoms with Gasteiger partial charge in [-0.05, 0) is 42.7 Å². The molecule has 1 aliphatic carbocycles. The maximum absolute atomic E-state index is 13.3. The third kappa shape index (κ3) is 3.24. The van der Waals surface area contributed by atoms with Crippen LogP contribution < -0.4 is 5.32 Å². The first-order chi connectivity index (χ1) is 8.58. The Labute approximate surface area is 114 Å². The summed E-state index contributed by atoms with van der Waals surface area (Å²) in [6.45, 7) is 5.26. The van der Waals surface area contributed by atoms with Crippen LogP contribution in [0.3, 0.4) is 0 Å². The van der Waals surface area contributed by atoms with Gasteiger partial charge in [-0.3, -0.25) is 0 Å². The van der Waals surface area contributed by atoms with E-state index in [1.54, 1.807) is 6.07 Å². The lowest BCUT2D eigenvalue weighted by molar-refractivity contribution is 0.227. The van der Waals surface area contributed by atoms with Gasteiger partial charge in [0.05, 0.1) is 5.02 Å². The fourth-order valence-corrected chi connectivity index (χ4v) is 3.09. The quantitative estimate of drug-likeness (QED) is 0.858. The van der Waals surface area contributed by atoms with Gasteiger partial charge in [-0.2, -0.15) is 0 Å². The van der Waals surface area contributed by atoms with Crippen molar-refractivity contribution in [3.05, 3.63) is 34.6 Å². The third-order valence-corrected chi connectivity index (χ3v) is 4.44. The van der Waals surface area contributed by atoms with Gasteiger partial charge in [-0.25, -0.2) is 4.39 Å². The van der Waals surface area contributed by atoms with Gasteiger partial charge in [0.15, 0.2) is 0 Å². The molecule has 1 aromatic rings. The predicted octanol–water partition coefficient (Wildman–Crippen LogP) is 4.39. The number of rotatable bonds is 3. The van der Waals surface area contributed by atoms with Gasteiger partial charge in [0, 0.05) is 12.6 Å². The third-order valence-electron chi connectivity index (χ3n) is 4.02. The summed E-state index contributed by atoms with van der Waals surface area (Å²) >= 11 is 5.96. The molecule has 0 heterocycles. The summed E-state index contributed by atoms with van der Waals surface area (Å²) in [5.74, 6) is 1.18. The summed E-state index contributed by atoms with van der Waals surface area (Å²) < 4.78 is 13.3. The molecule has 0 bridgehead atoms. The molecule has 1 saturated carbocycles. The molecule has 1 N–H and O–H groups in total. The van der Waals surface area contributed by atoms with Crippen LogP contribution in [0.1, 0.15) is 38.7 Å². The summed E-state index contributed by atoms with van der Waals surface area (Å²) in [6.07, 6.45) is 3.75. The molecule has 100 valence electrons. The monoisotopic (exact) mass is 269 g/mol. The van der Waals surface area contributed by atoms with Crippen LogP contribution in [0.25, 0.3) is 0 Å². The summed E-state index contributed by atoms with van der Waals surface area (Å²) in [5, 5.41) is 3.78. The topological polar surface area (TPSA) is 12.0 Å². The Bertz CT molecular complexity index is 407. The molecule has 0 aromatic heterocycles. The molecule has 3 unspecified atom stereocenters. The van der Waals surface area contributed by atoms with Gasteiger partial charge in [0.1, 0.15) is 5.82 Å². The zero-order valence-corrected chi connectivity index (χ0v) is 11.8. The Morgan fingerprint density at radius 1 is 1.33 bits per heavy atom. The maximum Gasteiger partial charge on any atom is 0.142 e. The molecule has 0 radical (unpaired) electrons. The van der Waals surface area contributed by atoms with Crippen molar-refractivity contribution in [1.82, 2.24) is 5.32 Å². The molecule has 0 amide bonds. The van der Waals surface area contributed by atoms with E-state index in [-0.39, 0.29) is 10.8 Å². The van der Waals surface area contributed by atoms with E-state index >= 15 is 0 Å². The maximum atomic E-state index is 13.3. The molecule has 3 atom stereocenters. The zero-order valence-electron chi connectivity index (χ0n) is 11.0. The van der Waals surface area contributed by atoms with Crippen LogP contribution in [-0.4, -0.2) is 6.04 Å². The molecule has 1 fully saturated rings. The number of hydrogen-bond acceptors (Lipinski definition) is 1.